The molecule has 0 N–H and O–H groups in total. The summed E-state index contributed by atoms with van der Waals surface area (Å²) >= 11 is 5.98. The van der Waals surface area contributed by atoms with E-state index >= 15 is 0 Å². The summed E-state index contributed by atoms with van der Waals surface area (Å²) in [7, 11) is 1.32. The number of carbonyl (C=O) groups excluding carboxylic acids is 2. The number of hydrogen-bond acceptors (Lipinski definition) is 5. The molecule has 2 aromatic carbocycles. The van der Waals surface area contributed by atoms with Crippen LogP contribution in [0.1, 0.15) is 17.0 Å². The molecule has 0 bridgehead atoms. The standard InChI is InChI=1S/C23H22ClN3O4/c1-30-23(29)20-11-19-21(26(15-25-19)12-16-7-9-17(24)10-8-16)13-27(20)22(28)14-31-18-5-3-2-4-6-18/h2-10,15,20H,11-14H2,1H3/t20-/m1/s1. The lowest BCUT2D eigenvalue weighted by Crippen LogP contribution is -2.51. The van der Waals surface area contributed by atoms with E-state index in [9.17, 15) is 9.59 Å². The van der Waals surface area contributed by atoms with Crippen LogP contribution in [0.2, 0.25) is 5.02 Å². The monoisotopic (exact) mass is 439 g/mol. The zero-order valence-corrected chi connectivity index (χ0v) is 17.8. The first-order valence-corrected chi connectivity index (χ1v) is 10.3. The van der Waals surface area contributed by atoms with Crippen molar-refractivity contribution >= 4 is 23.5 Å². The van der Waals surface area contributed by atoms with Crippen LogP contribution in [0.4, 0.5) is 0 Å². The number of fused-ring (bicyclic) bond motifs is 1. The van der Waals surface area contributed by atoms with Crippen LogP contribution < -0.4 is 4.74 Å². The van der Waals surface area contributed by atoms with Gasteiger partial charge < -0.3 is 18.9 Å². The lowest BCUT2D eigenvalue weighted by Gasteiger charge is -2.34. The van der Waals surface area contributed by atoms with E-state index in [1.165, 1.54) is 12.0 Å². The molecule has 1 aromatic heterocycles. The van der Waals surface area contributed by atoms with Crippen molar-refractivity contribution < 1.29 is 19.1 Å². The van der Waals surface area contributed by atoms with Crippen LogP contribution in [0.3, 0.4) is 0 Å². The molecule has 0 radical (unpaired) electrons. The maximum Gasteiger partial charge on any atom is 0.329 e. The second-order valence-corrected chi connectivity index (χ2v) is 7.70. The van der Waals surface area contributed by atoms with Crippen LogP contribution in [-0.2, 0) is 33.8 Å². The zero-order chi connectivity index (χ0) is 21.8. The van der Waals surface area contributed by atoms with Crippen molar-refractivity contribution in [2.24, 2.45) is 0 Å². The summed E-state index contributed by atoms with van der Waals surface area (Å²) in [5.41, 5.74) is 2.74. The van der Waals surface area contributed by atoms with Gasteiger partial charge in [0.2, 0.25) is 0 Å². The molecule has 1 amide bonds. The number of carbonyl (C=O) groups is 2. The van der Waals surface area contributed by atoms with Gasteiger partial charge in [0.05, 0.1) is 31.4 Å². The Balaban J connectivity index is 1.54. The molecule has 2 heterocycles. The van der Waals surface area contributed by atoms with Gasteiger partial charge in [-0.25, -0.2) is 9.78 Å². The average molecular weight is 440 g/mol. The van der Waals surface area contributed by atoms with E-state index in [1.54, 1.807) is 18.5 Å². The summed E-state index contributed by atoms with van der Waals surface area (Å²) < 4.78 is 12.5. The first-order chi connectivity index (χ1) is 15.0. The molecule has 31 heavy (non-hydrogen) atoms. The third-order valence-corrected chi connectivity index (χ3v) is 5.53. The molecule has 7 nitrogen and oxygen atoms in total. The fraction of sp³-hybridized carbons (Fsp3) is 0.261. The summed E-state index contributed by atoms with van der Waals surface area (Å²) in [5.74, 6) is -0.161. The van der Waals surface area contributed by atoms with E-state index in [-0.39, 0.29) is 19.1 Å². The largest absolute Gasteiger partial charge is 0.484 e. The number of imidazole rings is 1. The maximum absolute atomic E-state index is 13.0. The number of rotatable bonds is 6. The second-order valence-electron chi connectivity index (χ2n) is 7.26. The smallest absolute Gasteiger partial charge is 0.329 e. The Morgan fingerprint density at radius 2 is 1.87 bits per heavy atom. The number of methoxy groups -OCH3 is 1. The van der Waals surface area contributed by atoms with Crippen molar-refractivity contribution in [2.45, 2.75) is 25.6 Å². The maximum atomic E-state index is 13.0. The molecule has 0 aliphatic carbocycles. The molecule has 1 atom stereocenters. The number of nitrogens with zero attached hydrogens (tertiary/aromatic N) is 3. The van der Waals surface area contributed by atoms with Gasteiger partial charge in [-0.3, -0.25) is 4.79 Å². The Bertz CT molecular complexity index is 1070. The van der Waals surface area contributed by atoms with Gasteiger partial charge in [-0.2, -0.15) is 0 Å². The Hall–Kier alpha value is -3.32. The van der Waals surface area contributed by atoms with Crippen molar-refractivity contribution in [2.75, 3.05) is 13.7 Å². The van der Waals surface area contributed by atoms with Crippen LogP contribution in [0.25, 0.3) is 0 Å². The first-order valence-electron chi connectivity index (χ1n) is 9.87. The van der Waals surface area contributed by atoms with Gasteiger partial charge in [0, 0.05) is 18.0 Å². The predicted octanol–water partition coefficient (Wildman–Crippen LogP) is 3.09. The van der Waals surface area contributed by atoms with E-state index in [4.69, 9.17) is 21.1 Å². The molecule has 1 aliphatic heterocycles. The molecular weight excluding hydrogens is 418 g/mol. The van der Waals surface area contributed by atoms with E-state index in [0.717, 1.165) is 17.0 Å². The summed E-state index contributed by atoms with van der Waals surface area (Å²) in [6.45, 7) is 0.669. The minimum absolute atomic E-state index is 0.168. The summed E-state index contributed by atoms with van der Waals surface area (Å²) in [4.78, 5) is 31.4. The highest BCUT2D eigenvalue weighted by Crippen LogP contribution is 2.25. The first kappa shape index (κ1) is 20.9. The molecule has 0 fully saturated rings. The Labute approximate surface area is 185 Å². The van der Waals surface area contributed by atoms with Crippen molar-refractivity contribution in [3.63, 3.8) is 0 Å². The van der Waals surface area contributed by atoms with Gasteiger partial charge in [0.15, 0.2) is 6.61 Å². The molecule has 4 rings (SSSR count). The van der Waals surface area contributed by atoms with Crippen molar-refractivity contribution in [3.05, 3.63) is 82.9 Å². The number of aromatic nitrogens is 2. The minimum atomic E-state index is -0.733. The Kier molecular flexibility index (Phi) is 6.23. The molecule has 1 aliphatic rings. The Morgan fingerprint density at radius 1 is 1.13 bits per heavy atom. The van der Waals surface area contributed by atoms with Gasteiger partial charge in [0.25, 0.3) is 5.91 Å². The SMILES string of the molecule is COC(=O)[C@H]1Cc2ncn(Cc3ccc(Cl)cc3)c2CN1C(=O)COc1ccccc1. The van der Waals surface area contributed by atoms with Crippen molar-refractivity contribution in [3.8, 4) is 5.75 Å². The molecular formula is C23H22ClN3O4. The second kappa shape index (κ2) is 9.22. The quantitative estimate of drug-likeness (QED) is 0.552. The molecule has 0 spiro atoms. The van der Waals surface area contributed by atoms with E-state index in [1.807, 2.05) is 47.0 Å². The van der Waals surface area contributed by atoms with Crippen LogP contribution >= 0.6 is 11.6 Å². The number of para-hydroxylation sites is 1. The average Bonchev–Trinajstić information content (AvgIpc) is 3.20. The highest BCUT2D eigenvalue weighted by atomic mass is 35.5. The van der Waals surface area contributed by atoms with Crippen LogP contribution in [-0.4, -0.2) is 46.1 Å². The van der Waals surface area contributed by atoms with Crippen molar-refractivity contribution in [1.82, 2.24) is 14.5 Å². The van der Waals surface area contributed by atoms with E-state index < -0.39 is 12.0 Å². The molecule has 0 unspecified atom stereocenters. The number of hydrogen-bond donors (Lipinski definition) is 0. The number of ether oxygens (including phenoxy) is 2. The summed E-state index contributed by atoms with van der Waals surface area (Å²) in [6, 6.07) is 15.9. The number of benzene rings is 2. The third-order valence-electron chi connectivity index (χ3n) is 5.28. The zero-order valence-electron chi connectivity index (χ0n) is 17.0. The third kappa shape index (κ3) is 4.72. The Morgan fingerprint density at radius 3 is 2.58 bits per heavy atom. The number of esters is 1. The fourth-order valence-electron chi connectivity index (χ4n) is 3.64. The van der Waals surface area contributed by atoms with Gasteiger partial charge in [0.1, 0.15) is 11.8 Å². The van der Waals surface area contributed by atoms with E-state index in [0.29, 0.717) is 23.7 Å². The van der Waals surface area contributed by atoms with Gasteiger partial charge in [-0.15, -0.1) is 0 Å². The molecule has 0 saturated heterocycles. The topological polar surface area (TPSA) is 73.7 Å². The van der Waals surface area contributed by atoms with Gasteiger partial charge in [-0.05, 0) is 29.8 Å². The number of amides is 1. The lowest BCUT2D eigenvalue weighted by atomic mass is 10.0. The summed E-state index contributed by atoms with van der Waals surface area (Å²) in [5, 5.41) is 0.674. The van der Waals surface area contributed by atoms with Gasteiger partial charge >= 0.3 is 5.97 Å². The predicted molar refractivity (Wildman–Crippen MR) is 115 cm³/mol. The highest BCUT2D eigenvalue weighted by molar-refractivity contribution is 6.30. The number of halogens is 1. The highest BCUT2D eigenvalue weighted by Gasteiger charge is 2.37. The fourth-order valence-corrected chi connectivity index (χ4v) is 3.77. The molecule has 160 valence electrons. The van der Waals surface area contributed by atoms with Crippen molar-refractivity contribution in [1.29, 1.82) is 0 Å². The lowest BCUT2D eigenvalue weighted by molar-refractivity contribution is -0.154. The molecule has 3 aromatic rings. The normalized spacial score (nSPS) is 15.3. The van der Waals surface area contributed by atoms with E-state index in [2.05, 4.69) is 4.98 Å². The molecule has 0 saturated carbocycles. The minimum Gasteiger partial charge on any atom is -0.484 e. The van der Waals surface area contributed by atoms with Crippen LogP contribution in [0.15, 0.2) is 60.9 Å². The van der Waals surface area contributed by atoms with Crippen LogP contribution in [0, 0.1) is 0 Å². The summed E-state index contributed by atoms with van der Waals surface area (Å²) in [6.07, 6.45) is 2.04. The van der Waals surface area contributed by atoms with Crippen LogP contribution in [0.5, 0.6) is 5.75 Å². The molecule has 8 heteroatoms. The van der Waals surface area contributed by atoms with Gasteiger partial charge in [-0.1, -0.05) is 41.9 Å².